The van der Waals surface area contributed by atoms with Gasteiger partial charge in [0.15, 0.2) is 23.9 Å². The van der Waals surface area contributed by atoms with Gasteiger partial charge in [0, 0.05) is 31.7 Å². The Morgan fingerprint density at radius 3 is 2.17 bits per heavy atom. The number of carbonyl (C=O) groups is 1. The molecule has 190 valence electrons. The molecule has 1 saturated heterocycles. The van der Waals surface area contributed by atoms with Gasteiger partial charge < -0.3 is 28.7 Å². The van der Waals surface area contributed by atoms with Crippen LogP contribution in [0.1, 0.15) is 0 Å². The summed E-state index contributed by atoms with van der Waals surface area (Å²) in [6, 6.07) is 12.5. The molecule has 1 amide bonds. The molecule has 0 N–H and O–H groups in total. The summed E-state index contributed by atoms with van der Waals surface area (Å²) in [4.78, 5) is 16.5. The number of anilines is 1. The van der Waals surface area contributed by atoms with Gasteiger partial charge in [0.1, 0.15) is 10.8 Å². The summed E-state index contributed by atoms with van der Waals surface area (Å²) in [6.45, 7) is 2.23. The minimum Gasteiger partial charge on any atom is -0.493 e. The van der Waals surface area contributed by atoms with E-state index in [1.165, 1.54) is 0 Å². The number of amides is 1. The van der Waals surface area contributed by atoms with Crippen LogP contribution in [-0.2, 0) is 4.79 Å². The molecule has 0 spiro atoms. The second-order valence-electron chi connectivity index (χ2n) is 7.90. The molecule has 0 atom stereocenters. The standard InChI is InChI=1S/C25H26Cl2N4O5/c1-33-20-13-16(14-21(34-2)25(20)35-3)18-7-8-22(29-28-18)30-9-11-31(12-10-30)23(32)15-36-19-6-4-5-17(26)24(19)27/h4-8,13-14H,9-12,15H2,1-3H3. The normalized spacial score (nSPS) is 13.4. The van der Waals surface area contributed by atoms with Gasteiger partial charge in [-0.05, 0) is 36.4 Å². The Balaban J connectivity index is 1.36. The molecular weight excluding hydrogens is 507 g/mol. The van der Waals surface area contributed by atoms with E-state index in [0.717, 1.165) is 11.4 Å². The molecular formula is C25H26Cl2N4O5. The van der Waals surface area contributed by atoms with Gasteiger partial charge in [-0.3, -0.25) is 4.79 Å². The smallest absolute Gasteiger partial charge is 0.260 e. The summed E-state index contributed by atoms with van der Waals surface area (Å²) in [5.74, 6) is 2.61. The first kappa shape index (κ1) is 25.7. The number of hydrogen-bond acceptors (Lipinski definition) is 8. The Morgan fingerprint density at radius 1 is 0.889 bits per heavy atom. The lowest BCUT2D eigenvalue weighted by Gasteiger charge is -2.35. The Morgan fingerprint density at radius 2 is 1.58 bits per heavy atom. The summed E-state index contributed by atoms with van der Waals surface area (Å²) in [7, 11) is 4.70. The van der Waals surface area contributed by atoms with Crippen molar-refractivity contribution in [3.05, 3.63) is 52.5 Å². The van der Waals surface area contributed by atoms with Gasteiger partial charge in [0.25, 0.3) is 5.91 Å². The first-order chi connectivity index (χ1) is 17.4. The molecule has 2 heterocycles. The Hall–Kier alpha value is -3.43. The maximum atomic E-state index is 12.6. The lowest BCUT2D eigenvalue weighted by atomic mass is 10.1. The minimum absolute atomic E-state index is 0.108. The van der Waals surface area contributed by atoms with E-state index in [1.54, 1.807) is 44.4 Å². The number of ether oxygens (including phenoxy) is 4. The van der Waals surface area contributed by atoms with Gasteiger partial charge in [-0.15, -0.1) is 10.2 Å². The van der Waals surface area contributed by atoms with Crippen molar-refractivity contribution in [1.82, 2.24) is 15.1 Å². The zero-order valence-electron chi connectivity index (χ0n) is 20.2. The van der Waals surface area contributed by atoms with Crippen LogP contribution in [0.2, 0.25) is 10.0 Å². The Kier molecular flexibility index (Phi) is 8.22. The van der Waals surface area contributed by atoms with Crippen molar-refractivity contribution >= 4 is 34.9 Å². The van der Waals surface area contributed by atoms with Crippen molar-refractivity contribution in [2.24, 2.45) is 0 Å². The third kappa shape index (κ3) is 5.52. The molecule has 1 fully saturated rings. The second-order valence-corrected chi connectivity index (χ2v) is 8.68. The number of piperazine rings is 1. The largest absolute Gasteiger partial charge is 0.493 e. The van der Waals surface area contributed by atoms with Gasteiger partial charge in [-0.2, -0.15) is 0 Å². The fourth-order valence-corrected chi connectivity index (χ4v) is 4.23. The molecule has 9 nitrogen and oxygen atoms in total. The van der Waals surface area contributed by atoms with E-state index in [-0.39, 0.29) is 12.5 Å². The van der Waals surface area contributed by atoms with Crippen molar-refractivity contribution in [3.63, 3.8) is 0 Å². The van der Waals surface area contributed by atoms with Gasteiger partial charge in [-0.1, -0.05) is 29.3 Å². The Labute approximate surface area is 219 Å². The predicted octanol–water partition coefficient (Wildman–Crippen LogP) is 4.20. The lowest BCUT2D eigenvalue weighted by molar-refractivity contribution is -0.133. The van der Waals surface area contributed by atoms with Gasteiger partial charge in [0.2, 0.25) is 5.75 Å². The van der Waals surface area contributed by atoms with Crippen LogP contribution in [0.25, 0.3) is 11.3 Å². The highest BCUT2D eigenvalue weighted by Gasteiger charge is 2.23. The van der Waals surface area contributed by atoms with E-state index in [9.17, 15) is 4.79 Å². The fourth-order valence-electron chi connectivity index (χ4n) is 3.89. The predicted molar refractivity (Wildman–Crippen MR) is 138 cm³/mol. The molecule has 2 aromatic carbocycles. The number of benzene rings is 2. The quantitative estimate of drug-likeness (QED) is 0.426. The average Bonchev–Trinajstić information content (AvgIpc) is 2.93. The summed E-state index contributed by atoms with van der Waals surface area (Å²) < 4.78 is 21.8. The third-order valence-corrected chi connectivity index (χ3v) is 6.64. The van der Waals surface area contributed by atoms with Crippen LogP contribution in [0.5, 0.6) is 23.0 Å². The zero-order valence-corrected chi connectivity index (χ0v) is 21.7. The number of hydrogen-bond donors (Lipinski definition) is 0. The third-order valence-electron chi connectivity index (χ3n) is 5.83. The topological polar surface area (TPSA) is 86.3 Å². The van der Waals surface area contributed by atoms with Crippen LogP contribution in [0.4, 0.5) is 5.82 Å². The van der Waals surface area contributed by atoms with Crippen molar-refractivity contribution < 1.29 is 23.7 Å². The molecule has 1 aromatic heterocycles. The van der Waals surface area contributed by atoms with Gasteiger partial charge in [-0.25, -0.2) is 0 Å². The number of methoxy groups -OCH3 is 3. The summed E-state index contributed by atoms with van der Waals surface area (Å²) >= 11 is 12.1. The van der Waals surface area contributed by atoms with Gasteiger partial charge in [0.05, 0.1) is 32.0 Å². The van der Waals surface area contributed by atoms with E-state index >= 15 is 0 Å². The molecule has 0 bridgehead atoms. The summed E-state index contributed by atoms with van der Waals surface area (Å²) in [5, 5.41) is 9.48. The molecule has 11 heteroatoms. The highest BCUT2D eigenvalue weighted by Crippen LogP contribution is 2.40. The van der Waals surface area contributed by atoms with Crippen molar-refractivity contribution in [2.45, 2.75) is 0 Å². The van der Waals surface area contributed by atoms with Crippen LogP contribution in [0.3, 0.4) is 0 Å². The van der Waals surface area contributed by atoms with Crippen molar-refractivity contribution in [3.8, 4) is 34.3 Å². The first-order valence-electron chi connectivity index (χ1n) is 11.2. The van der Waals surface area contributed by atoms with Crippen LogP contribution in [0, 0.1) is 0 Å². The maximum absolute atomic E-state index is 12.6. The summed E-state index contributed by atoms with van der Waals surface area (Å²) in [6.07, 6.45) is 0. The van der Waals surface area contributed by atoms with Crippen LogP contribution < -0.4 is 23.8 Å². The van der Waals surface area contributed by atoms with Crippen LogP contribution >= 0.6 is 23.2 Å². The minimum atomic E-state index is -0.116. The monoisotopic (exact) mass is 532 g/mol. The zero-order chi connectivity index (χ0) is 25.7. The van der Waals surface area contributed by atoms with Gasteiger partial charge >= 0.3 is 0 Å². The van der Waals surface area contributed by atoms with Crippen LogP contribution in [0.15, 0.2) is 42.5 Å². The van der Waals surface area contributed by atoms with Crippen molar-refractivity contribution in [1.29, 1.82) is 0 Å². The van der Waals surface area contributed by atoms with E-state index in [0.29, 0.717) is 64.9 Å². The number of nitrogens with zero attached hydrogens (tertiary/aromatic N) is 4. The highest BCUT2D eigenvalue weighted by molar-refractivity contribution is 6.42. The van der Waals surface area contributed by atoms with E-state index in [2.05, 4.69) is 15.1 Å². The second kappa shape index (κ2) is 11.5. The number of rotatable bonds is 8. The SMILES string of the molecule is COc1cc(-c2ccc(N3CCN(C(=O)COc4cccc(Cl)c4Cl)CC3)nn2)cc(OC)c1OC. The first-order valence-corrected chi connectivity index (χ1v) is 11.9. The molecule has 1 aliphatic rings. The molecule has 0 saturated carbocycles. The molecule has 3 aromatic rings. The lowest BCUT2D eigenvalue weighted by Crippen LogP contribution is -2.50. The summed E-state index contributed by atoms with van der Waals surface area (Å²) in [5.41, 5.74) is 1.46. The number of halogens is 2. The maximum Gasteiger partial charge on any atom is 0.260 e. The fraction of sp³-hybridized carbons (Fsp3) is 0.320. The van der Waals surface area contributed by atoms with E-state index in [4.69, 9.17) is 42.1 Å². The average molecular weight is 533 g/mol. The Bertz CT molecular complexity index is 1190. The molecule has 0 aliphatic carbocycles. The highest BCUT2D eigenvalue weighted by atomic mass is 35.5. The molecule has 0 unspecified atom stereocenters. The molecule has 4 rings (SSSR count). The molecule has 36 heavy (non-hydrogen) atoms. The number of carbonyl (C=O) groups excluding carboxylic acids is 1. The van der Waals surface area contributed by atoms with Crippen molar-refractivity contribution in [2.75, 3.05) is 59.0 Å². The van der Waals surface area contributed by atoms with Crippen LogP contribution in [-0.4, -0.2) is 75.1 Å². The number of aromatic nitrogens is 2. The molecule has 0 radical (unpaired) electrons. The molecule has 1 aliphatic heterocycles. The van der Waals surface area contributed by atoms with E-state index < -0.39 is 0 Å². The van der Waals surface area contributed by atoms with E-state index in [1.807, 2.05) is 24.3 Å².